The van der Waals surface area contributed by atoms with Crippen LogP contribution < -0.4 is 10.1 Å². The molecule has 0 saturated heterocycles. The molecule has 0 aliphatic carbocycles. The summed E-state index contributed by atoms with van der Waals surface area (Å²) in [6.45, 7) is 3.41. The molecule has 0 aromatic carbocycles. The molecule has 0 aliphatic heterocycles. The molecule has 1 N–H and O–H groups in total. The van der Waals surface area contributed by atoms with Gasteiger partial charge in [-0.1, -0.05) is 0 Å². The van der Waals surface area contributed by atoms with Crippen LogP contribution >= 0.6 is 0 Å². The molecule has 0 spiro atoms. The number of hydrogen-bond acceptors (Lipinski definition) is 6. The summed E-state index contributed by atoms with van der Waals surface area (Å²) in [5, 5.41) is 13.6. The minimum atomic E-state index is -0.585. The van der Waals surface area contributed by atoms with Crippen molar-refractivity contribution in [3.05, 3.63) is 57.7 Å². The van der Waals surface area contributed by atoms with Crippen molar-refractivity contribution < 1.29 is 14.5 Å². The largest absolute Gasteiger partial charge is 0.495 e. The molecule has 0 bridgehead atoms. The van der Waals surface area contributed by atoms with Gasteiger partial charge in [0.1, 0.15) is 11.9 Å². The number of nitrogens with zero attached hydrogens (tertiary/aromatic N) is 3. The summed E-state index contributed by atoms with van der Waals surface area (Å²) in [5.74, 6) is 0.110. The molecule has 0 aliphatic rings. The highest BCUT2D eigenvalue weighted by molar-refractivity contribution is 5.96. The van der Waals surface area contributed by atoms with Crippen molar-refractivity contribution in [3.63, 3.8) is 0 Å². The van der Waals surface area contributed by atoms with E-state index in [9.17, 15) is 14.9 Å². The molecule has 1 atom stereocenters. The fourth-order valence-corrected chi connectivity index (χ4v) is 2.12. The van der Waals surface area contributed by atoms with Crippen LogP contribution in [0.2, 0.25) is 0 Å². The summed E-state index contributed by atoms with van der Waals surface area (Å²) in [7, 11) is 1.52. The van der Waals surface area contributed by atoms with E-state index in [1.165, 1.54) is 13.2 Å². The summed E-state index contributed by atoms with van der Waals surface area (Å²) in [4.78, 5) is 30.5. The fraction of sp³-hybridized carbons (Fsp3) is 0.267. The van der Waals surface area contributed by atoms with Gasteiger partial charge in [0.05, 0.1) is 35.5 Å². The first kappa shape index (κ1) is 16.3. The molecular formula is C15H16N4O4. The normalized spacial score (nSPS) is 11.6. The third kappa shape index (κ3) is 3.60. The second-order valence-corrected chi connectivity index (χ2v) is 4.90. The molecule has 2 rings (SSSR count). The minimum absolute atomic E-state index is 0.166. The van der Waals surface area contributed by atoms with Gasteiger partial charge in [-0.05, 0) is 19.9 Å². The highest BCUT2D eigenvalue weighted by atomic mass is 16.6. The Morgan fingerprint density at radius 3 is 2.83 bits per heavy atom. The number of methoxy groups -OCH3 is 1. The van der Waals surface area contributed by atoms with Gasteiger partial charge in [-0.2, -0.15) is 0 Å². The Balaban J connectivity index is 2.25. The Morgan fingerprint density at radius 1 is 1.43 bits per heavy atom. The summed E-state index contributed by atoms with van der Waals surface area (Å²) < 4.78 is 5.21. The Labute approximate surface area is 132 Å². The molecule has 2 aromatic rings. The highest BCUT2D eigenvalue weighted by Crippen LogP contribution is 2.24. The second-order valence-electron chi connectivity index (χ2n) is 4.90. The van der Waals surface area contributed by atoms with Crippen molar-refractivity contribution in [2.75, 3.05) is 7.11 Å². The maximum absolute atomic E-state index is 12.4. The molecule has 0 fully saturated rings. The number of aryl methyl sites for hydroxylation is 1. The number of ether oxygens (including phenoxy) is 1. The number of aromatic nitrogens is 2. The topological polar surface area (TPSA) is 107 Å². The number of carbonyl (C=O) groups is 1. The SMILES string of the molecule is COc1cnccc1C(C)NC(=O)c1cc([N+](=O)[O-])cnc1C. The summed E-state index contributed by atoms with van der Waals surface area (Å²) in [6.07, 6.45) is 4.28. The van der Waals surface area contributed by atoms with Crippen molar-refractivity contribution in [2.45, 2.75) is 19.9 Å². The lowest BCUT2D eigenvalue weighted by Crippen LogP contribution is -2.28. The van der Waals surface area contributed by atoms with Crippen LogP contribution in [-0.2, 0) is 0 Å². The van der Waals surface area contributed by atoms with E-state index in [1.807, 2.05) is 0 Å². The summed E-state index contributed by atoms with van der Waals surface area (Å²) in [5.41, 5.74) is 1.11. The fourth-order valence-electron chi connectivity index (χ4n) is 2.12. The van der Waals surface area contributed by atoms with Crippen LogP contribution in [0.25, 0.3) is 0 Å². The molecule has 2 heterocycles. The van der Waals surface area contributed by atoms with E-state index in [0.717, 1.165) is 11.8 Å². The van der Waals surface area contributed by atoms with Crippen molar-refractivity contribution in [3.8, 4) is 5.75 Å². The van der Waals surface area contributed by atoms with Gasteiger partial charge in [-0.25, -0.2) is 0 Å². The number of pyridine rings is 2. The average molecular weight is 316 g/mol. The summed E-state index contributed by atoms with van der Waals surface area (Å²) >= 11 is 0. The van der Waals surface area contributed by atoms with E-state index in [-0.39, 0.29) is 17.3 Å². The molecule has 2 aromatic heterocycles. The number of nitrogens with one attached hydrogen (secondary N) is 1. The minimum Gasteiger partial charge on any atom is -0.495 e. The number of rotatable bonds is 5. The van der Waals surface area contributed by atoms with Crippen LogP contribution in [0.15, 0.2) is 30.7 Å². The molecule has 8 heteroatoms. The lowest BCUT2D eigenvalue weighted by molar-refractivity contribution is -0.385. The standard InChI is InChI=1S/C15H16N4O4/c1-9-13(6-11(7-17-9)19(21)22)15(20)18-10(2)12-4-5-16-8-14(12)23-3/h4-8,10H,1-3H3,(H,18,20). The first-order chi connectivity index (χ1) is 10.9. The summed E-state index contributed by atoms with van der Waals surface area (Å²) in [6, 6.07) is 2.59. The molecule has 8 nitrogen and oxygen atoms in total. The second kappa shape index (κ2) is 6.82. The van der Waals surface area contributed by atoms with Crippen LogP contribution in [0.5, 0.6) is 5.75 Å². The first-order valence-electron chi connectivity index (χ1n) is 6.83. The molecule has 120 valence electrons. The molecule has 0 saturated carbocycles. The van der Waals surface area contributed by atoms with Gasteiger partial charge in [0.25, 0.3) is 11.6 Å². The van der Waals surface area contributed by atoms with Gasteiger partial charge in [-0.15, -0.1) is 0 Å². The average Bonchev–Trinajstić information content (AvgIpc) is 2.54. The van der Waals surface area contributed by atoms with Gasteiger partial charge in [0.2, 0.25) is 0 Å². The zero-order chi connectivity index (χ0) is 17.0. The Kier molecular flexibility index (Phi) is 4.85. The van der Waals surface area contributed by atoms with Crippen LogP contribution in [0.3, 0.4) is 0 Å². The van der Waals surface area contributed by atoms with Crippen LogP contribution in [0, 0.1) is 17.0 Å². The van der Waals surface area contributed by atoms with Crippen molar-refractivity contribution in [1.82, 2.24) is 15.3 Å². The van der Waals surface area contributed by atoms with Gasteiger partial charge in [-0.3, -0.25) is 24.9 Å². The molecule has 1 amide bonds. The third-order valence-corrected chi connectivity index (χ3v) is 3.38. The first-order valence-corrected chi connectivity index (χ1v) is 6.83. The maximum atomic E-state index is 12.4. The van der Waals surface area contributed by atoms with E-state index in [2.05, 4.69) is 15.3 Å². The van der Waals surface area contributed by atoms with Gasteiger partial charge < -0.3 is 10.1 Å². The molecule has 0 radical (unpaired) electrons. The molecule has 1 unspecified atom stereocenters. The van der Waals surface area contributed by atoms with Crippen molar-refractivity contribution in [2.24, 2.45) is 0 Å². The third-order valence-electron chi connectivity index (χ3n) is 3.38. The van der Waals surface area contributed by atoms with Crippen molar-refractivity contribution >= 4 is 11.6 Å². The van der Waals surface area contributed by atoms with Crippen LogP contribution in [0.1, 0.15) is 34.6 Å². The number of nitro groups is 1. The highest BCUT2D eigenvalue weighted by Gasteiger charge is 2.19. The zero-order valence-electron chi connectivity index (χ0n) is 12.9. The molecule has 23 heavy (non-hydrogen) atoms. The number of carbonyl (C=O) groups excluding carboxylic acids is 1. The Hall–Kier alpha value is -3.03. The predicted molar refractivity (Wildman–Crippen MR) is 82.3 cm³/mol. The molecular weight excluding hydrogens is 300 g/mol. The van der Waals surface area contributed by atoms with Crippen molar-refractivity contribution in [1.29, 1.82) is 0 Å². The monoisotopic (exact) mass is 316 g/mol. The lowest BCUT2D eigenvalue weighted by atomic mass is 10.1. The van der Waals surface area contributed by atoms with Gasteiger partial charge in [0.15, 0.2) is 0 Å². The quantitative estimate of drug-likeness (QED) is 0.669. The number of hydrogen-bond donors (Lipinski definition) is 1. The van der Waals surface area contributed by atoms with E-state index in [0.29, 0.717) is 11.4 Å². The van der Waals surface area contributed by atoms with E-state index in [4.69, 9.17) is 4.74 Å². The van der Waals surface area contributed by atoms with Crippen LogP contribution in [-0.4, -0.2) is 27.9 Å². The Bertz CT molecular complexity index is 748. The number of amides is 1. The zero-order valence-corrected chi connectivity index (χ0v) is 12.9. The Morgan fingerprint density at radius 2 is 2.17 bits per heavy atom. The van der Waals surface area contributed by atoms with Gasteiger partial charge >= 0.3 is 0 Å². The maximum Gasteiger partial charge on any atom is 0.288 e. The van der Waals surface area contributed by atoms with E-state index in [1.54, 1.807) is 32.3 Å². The lowest BCUT2D eigenvalue weighted by Gasteiger charge is -2.17. The smallest absolute Gasteiger partial charge is 0.288 e. The van der Waals surface area contributed by atoms with E-state index < -0.39 is 10.8 Å². The predicted octanol–water partition coefficient (Wildman–Crippen LogP) is 2.19. The van der Waals surface area contributed by atoms with E-state index >= 15 is 0 Å². The van der Waals surface area contributed by atoms with Crippen LogP contribution in [0.4, 0.5) is 5.69 Å². The van der Waals surface area contributed by atoms with Gasteiger partial charge in [0, 0.05) is 17.8 Å².